The summed E-state index contributed by atoms with van der Waals surface area (Å²) in [4.78, 5) is 0. The highest BCUT2D eigenvalue weighted by atomic mass is 127. The van der Waals surface area contributed by atoms with Crippen molar-refractivity contribution < 1.29 is 9.84 Å². The van der Waals surface area contributed by atoms with Crippen LogP contribution in [0, 0.1) is 3.57 Å². The zero-order chi connectivity index (χ0) is 12.5. The minimum Gasteiger partial charge on any atom is -0.508 e. The van der Waals surface area contributed by atoms with Gasteiger partial charge in [0.15, 0.2) is 5.01 Å². The predicted molar refractivity (Wildman–Crippen MR) is 77.0 cm³/mol. The van der Waals surface area contributed by atoms with Crippen LogP contribution in [0.15, 0.2) is 18.2 Å². The molecule has 1 aromatic carbocycles. The quantitative estimate of drug-likeness (QED) is 0.835. The summed E-state index contributed by atoms with van der Waals surface area (Å²) >= 11 is 3.77. The van der Waals surface area contributed by atoms with Crippen molar-refractivity contribution >= 4 is 33.9 Å². The molecule has 4 nitrogen and oxygen atoms in total. The lowest BCUT2D eigenvalue weighted by Crippen LogP contribution is -1.96. The van der Waals surface area contributed by atoms with Crippen molar-refractivity contribution in [2.75, 3.05) is 0 Å². The molecule has 0 unspecified atom stereocenters. The van der Waals surface area contributed by atoms with Crippen LogP contribution in [0.1, 0.15) is 28.8 Å². The van der Waals surface area contributed by atoms with Crippen molar-refractivity contribution in [2.45, 2.75) is 25.4 Å². The zero-order valence-electron chi connectivity index (χ0n) is 9.47. The number of benzene rings is 1. The van der Waals surface area contributed by atoms with Gasteiger partial charge in [0.2, 0.25) is 0 Å². The minimum absolute atomic E-state index is 0.249. The first-order valence-electron chi connectivity index (χ1n) is 5.66. The van der Waals surface area contributed by atoms with Crippen LogP contribution in [0.4, 0.5) is 0 Å². The number of nitrogens with zero attached hydrogens (tertiary/aromatic N) is 2. The summed E-state index contributed by atoms with van der Waals surface area (Å²) in [5, 5.41) is 19.7. The Morgan fingerprint density at radius 1 is 1.39 bits per heavy atom. The lowest BCUT2D eigenvalue weighted by molar-refractivity contribution is 0.301. The molecule has 1 fully saturated rings. The van der Waals surface area contributed by atoms with Gasteiger partial charge < -0.3 is 9.84 Å². The molecule has 6 heteroatoms. The van der Waals surface area contributed by atoms with E-state index in [1.165, 1.54) is 12.8 Å². The van der Waals surface area contributed by atoms with E-state index in [-0.39, 0.29) is 5.75 Å². The van der Waals surface area contributed by atoms with Crippen molar-refractivity contribution in [2.24, 2.45) is 0 Å². The van der Waals surface area contributed by atoms with Gasteiger partial charge in [0.1, 0.15) is 23.1 Å². The van der Waals surface area contributed by atoms with E-state index in [1.807, 2.05) is 0 Å². The van der Waals surface area contributed by atoms with Crippen LogP contribution in [0.3, 0.4) is 0 Å². The molecular formula is C12H11IN2O2S. The van der Waals surface area contributed by atoms with E-state index in [2.05, 4.69) is 32.8 Å². The van der Waals surface area contributed by atoms with Gasteiger partial charge >= 0.3 is 0 Å². The average Bonchev–Trinajstić information content (AvgIpc) is 3.08. The number of ether oxygens (including phenoxy) is 1. The van der Waals surface area contributed by atoms with Crippen LogP contribution < -0.4 is 4.74 Å². The van der Waals surface area contributed by atoms with Crippen LogP contribution in [0.2, 0.25) is 0 Å². The molecule has 0 aliphatic heterocycles. The second kappa shape index (κ2) is 5.00. The molecule has 3 rings (SSSR count). The molecule has 1 heterocycles. The Balaban J connectivity index is 1.65. The molecule has 1 N–H and O–H groups in total. The maximum Gasteiger partial charge on any atom is 0.155 e. The highest BCUT2D eigenvalue weighted by Gasteiger charge is 2.27. The second-order valence-electron chi connectivity index (χ2n) is 4.21. The molecule has 0 radical (unpaired) electrons. The van der Waals surface area contributed by atoms with Gasteiger partial charge in [-0.05, 0) is 53.6 Å². The fourth-order valence-electron chi connectivity index (χ4n) is 1.57. The van der Waals surface area contributed by atoms with Gasteiger partial charge in [-0.3, -0.25) is 0 Å². The van der Waals surface area contributed by atoms with Crippen LogP contribution >= 0.6 is 33.9 Å². The monoisotopic (exact) mass is 374 g/mol. The largest absolute Gasteiger partial charge is 0.508 e. The Kier molecular flexibility index (Phi) is 3.38. The molecule has 1 aliphatic rings. The molecule has 1 aliphatic carbocycles. The topological polar surface area (TPSA) is 55.2 Å². The first-order chi connectivity index (χ1) is 8.72. The van der Waals surface area contributed by atoms with Crippen molar-refractivity contribution in [3.05, 3.63) is 31.8 Å². The molecule has 0 atom stereocenters. The lowest BCUT2D eigenvalue weighted by atomic mass is 10.3. The molecule has 0 saturated heterocycles. The van der Waals surface area contributed by atoms with Crippen LogP contribution in [0.25, 0.3) is 0 Å². The summed E-state index contributed by atoms with van der Waals surface area (Å²) < 4.78 is 6.57. The Hall–Kier alpha value is -0.890. The summed E-state index contributed by atoms with van der Waals surface area (Å²) in [6, 6.07) is 5.05. The molecule has 0 amide bonds. The maximum absolute atomic E-state index is 9.31. The molecule has 1 saturated carbocycles. The van der Waals surface area contributed by atoms with Crippen LogP contribution in [-0.4, -0.2) is 15.3 Å². The Bertz CT molecular complexity index is 569. The molecule has 94 valence electrons. The van der Waals surface area contributed by atoms with E-state index < -0.39 is 0 Å². The molecule has 0 spiro atoms. The van der Waals surface area contributed by atoms with Gasteiger partial charge in [0, 0.05) is 5.92 Å². The number of aromatic hydroxyl groups is 1. The lowest BCUT2D eigenvalue weighted by Gasteiger charge is -2.06. The predicted octanol–water partition coefficient (Wildman–Crippen LogP) is 3.30. The van der Waals surface area contributed by atoms with E-state index in [0.29, 0.717) is 12.5 Å². The van der Waals surface area contributed by atoms with E-state index in [0.717, 1.165) is 19.3 Å². The number of rotatable bonds is 4. The molecule has 1 aromatic heterocycles. The van der Waals surface area contributed by atoms with E-state index in [9.17, 15) is 5.11 Å². The third kappa shape index (κ3) is 2.74. The average molecular weight is 374 g/mol. The zero-order valence-corrected chi connectivity index (χ0v) is 12.4. The van der Waals surface area contributed by atoms with Crippen molar-refractivity contribution in [1.29, 1.82) is 0 Å². The number of phenolic OH excluding ortho intramolecular Hbond substituents is 1. The van der Waals surface area contributed by atoms with Gasteiger partial charge in [-0.2, -0.15) is 0 Å². The SMILES string of the molecule is Oc1ccc(OCc2nnc(C3CC3)s2)c(I)c1. The number of halogens is 1. The Labute approximate surface area is 122 Å². The summed E-state index contributed by atoms with van der Waals surface area (Å²) in [5.41, 5.74) is 0. The maximum atomic E-state index is 9.31. The molecule has 0 bridgehead atoms. The van der Waals surface area contributed by atoms with Crippen LogP contribution in [0.5, 0.6) is 11.5 Å². The van der Waals surface area contributed by atoms with E-state index >= 15 is 0 Å². The second-order valence-corrected chi connectivity index (χ2v) is 6.47. The number of hydrogen-bond acceptors (Lipinski definition) is 5. The number of phenols is 1. The third-order valence-corrected chi connectivity index (χ3v) is 4.58. The van der Waals surface area contributed by atoms with Gasteiger partial charge in [0.25, 0.3) is 0 Å². The van der Waals surface area contributed by atoms with E-state index in [4.69, 9.17) is 4.74 Å². The molecular weight excluding hydrogens is 363 g/mol. The summed E-state index contributed by atoms with van der Waals surface area (Å²) in [6.07, 6.45) is 2.48. The third-order valence-electron chi connectivity index (χ3n) is 2.68. The first kappa shape index (κ1) is 12.2. The first-order valence-corrected chi connectivity index (χ1v) is 7.55. The number of hydrogen-bond donors (Lipinski definition) is 1. The normalized spacial score (nSPS) is 14.7. The van der Waals surface area contributed by atoms with Crippen molar-refractivity contribution in [3.8, 4) is 11.5 Å². The highest BCUT2D eigenvalue weighted by molar-refractivity contribution is 14.1. The van der Waals surface area contributed by atoms with Gasteiger partial charge in [0.05, 0.1) is 3.57 Å². The molecule has 2 aromatic rings. The van der Waals surface area contributed by atoms with E-state index in [1.54, 1.807) is 29.5 Å². The smallest absolute Gasteiger partial charge is 0.155 e. The summed E-state index contributed by atoms with van der Waals surface area (Å²) in [7, 11) is 0. The van der Waals surface area contributed by atoms with Crippen LogP contribution in [-0.2, 0) is 6.61 Å². The van der Waals surface area contributed by atoms with Gasteiger partial charge in [-0.15, -0.1) is 10.2 Å². The minimum atomic E-state index is 0.249. The Morgan fingerprint density at radius 2 is 2.22 bits per heavy atom. The van der Waals surface area contributed by atoms with Gasteiger partial charge in [-0.1, -0.05) is 11.3 Å². The highest BCUT2D eigenvalue weighted by Crippen LogP contribution is 2.41. The van der Waals surface area contributed by atoms with Crippen molar-refractivity contribution in [1.82, 2.24) is 10.2 Å². The fraction of sp³-hybridized carbons (Fsp3) is 0.333. The molecule has 18 heavy (non-hydrogen) atoms. The Morgan fingerprint density at radius 3 is 2.94 bits per heavy atom. The summed E-state index contributed by atoms with van der Waals surface area (Å²) in [5.74, 6) is 1.65. The fourth-order valence-corrected chi connectivity index (χ4v) is 3.15. The number of aromatic nitrogens is 2. The van der Waals surface area contributed by atoms with Gasteiger partial charge in [-0.25, -0.2) is 0 Å². The summed E-state index contributed by atoms with van der Waals surface area (Å²) in [6.45, 7) is 0.436. The van der Waals surface area contributed by atoms with Crippen molar-refractivity contribution in [3.63, 3.8) is 0 Å². The standard InChI is InChI=1S/C12H11IN2O2S/c13-9-5-8(16)3-4-10(9)17-6-11-14-15-12(18-11)7-1-2-7/h3-5,7,16H,1-2,6H2.